The summed E-state index contributed by atoms with van der Waals surface area (Å²) in [5.74, 6) is -0.332. The monoisotopic (exact) mass is 322 g/mol. The molecule has 0 aliphatic heterocycles. The summed E-state index contributed by atoms with van der Waals surface area (Å²) in [6.45, 7) is -0.180. The number of halogens is 1. The van der Waals surface area contributed by atoms with Crippen LogP contribution in [0.25, 0.3) is 0 Å². The van der Waals surface area contributed by atoms with Gasteiger partial charge in [-0.15, -0.1) is 0 Å². The lowest BCUT2D eigenvalue weighted by Crippen LogP contribution is -2.13. The van der Waals surface area contributed by atoms with E-state index in [0.29, 0.717) is 9.92 Å². The van der Waals surface area contributed by atoms with Crippen molar-refractivity contribution in [3.05, 3.63) is 63.2 Å². The summed E-state index contributed by atoms with van der Waals surface area (Å²) in [6, 6.07) is 11.3. The zero-order valence-electron chi connectivity index (χ0n) is 10.8. The number of ketones is 1. The van der Waals surface area contributed by atoms with Crippen LogP contribution < -0.4 is 5.73 Å². The highest BCUT2D eigenvalue weighted by Crippen LogP contribution is 2.35. The second-order valence-electron chi connectivity index (χ2n) is 4.12. The third kappa shape index (κ3) is 3.81. The Kier molecular flexibility index (Phi) is 4.95. The predicted molar refractivity (Wildman–Crippen MR) is 82.1 cm³/mol. The molecule has 0 saturated heterocycles. The second-order valence-corrected chi connectivity index (χ2v) is 5.67. The molecule has 21 heavy (non-hydrogen) atoms. The molecule has 0 heterocycles. The molecule has 0 saturated carbocycles. The molecule has 0 bridgehead atoms. The maximum atomic E-state index is 11.5. The zero-order valence-corrected chi connectivity index (χ0v) is 12.4. The third-order valence-electron chi connectivity index (χ3n) is 2.70. The molecule has 7 heteroatoms. The van der Waals surface area contributed by atoms with Gasteiger partial charge >= 0.3 is 0 Å². The van der Waals surface area contributed by atoms with E-state index in [0.717, 1.165) is 4.90 Å². The molecular formula is C14H11ClN2O3S. The van der Waals surface area contributed by atoms with Crippen molar-refractivity contribution in [3.8, 4) is 0 Å². The SMILES string of the molecule is NCC(=O)c1ccc(Sc2ccc(Cl)cc2)c([N+](=O)[O-])c1. The molecule has 0 atom stereocenters. The number of nitro groups is 1. The highest BCUT2D eigenvalue weighted by Gasteiger charge is 2.18. The van der Waals surface area contributed by atoms with Crippen molar-refractivity contribution in [1.29, 1.82) is 0 Å². The van der Waals surface area contributed by atoms with E-state index in [4.69, 9.17) is 17.3 Å². The molecule has 0 spiro atoms. The number of carbonyl (C=O) groups is 1. The number of hydrogen-bond donors (Lipinski definition) is 1. The number of hydrogen-bond acceptors (Lipinski definition) is 5. The van der Waals surface area contributed by atoms with Gasteiger partial charge in [0.1, 0.15) is 0 Å². The first kappa shape index (κ1) is 15.5. The lowest BCUT2D eigenvalue weighted by atomic mass is 10.1. The van der Waals surface area contributed by atoms with E-state index < -0.39 is 4.92 Å². The second kappa shape index (κ2) is 6.71. The zero-order chi connectivity index (χ0) is 15.4. The summed E-state index contributed by atoms with van der Waals surface area (Å²) < 4.78 is 0. The third-order valence-corrected chi connectivity index (χ3v) is 4.03. The van der Waals surface area contributed by atoms with E-state index in [1.807, 2.05) is 0 Å². The summed E-state index contributed by atoms with van der Waals surface area (Å²) in [4.78, 5) is 23.5. The summed E-state index contributed by atoms with van der Waals surface area (Å²) in [5.41, 5.74) is 5.39. The van der Waals surface area contributed by atoms with Gasteiger partial charge in [-0.3, -0.25) is 14.9 Å². The van der Waals surface area contributed by atoms with Crippen LogP contribution in [0, 0.1) is 10.1 Å². The van der Waals surface area contributed by atoms with Gasteiger partial charge in [-0.25, -0.2) is 0 Å². The Labute approximate surface area is 130 Å². The van der Waals surface area contributed by atoms with E-state index in [-0.39, 0.29) is 23.6 Å². The fourth-order valence-corrected chi connectivity index (χ4v) is 2.69. The maximum Gasteiger partial charge on any atom is 0.283 e. The number of rotatable bonds is 5. The Hall–Kier alpha value is -1.89. The molecule has 2 aromatic carbocycles. The summed E-state index contributed by atoms with van der Waals surface area (Å²) >= 11 is 7.04. The van der Waals surface area contributed by atoms with Gasteiger partial charge in [-0.2, -0.15) is 0 Å². The van der Waals surface area contributed by atoms with E-state index >= 15 is 0 Å². The van der Waals surface area contributed by atoms with E-state index in [1.165, 1.54) is 17.8 Å². The number of nitrogens with two attached hydrogens (primary N) is 1. The van der Waals surface area contributed by atoms with Crippen LogP contribution in [0.15, 0.2) is 52.3 Å². The van der Waals surface area contributed by atoms with E-state index in [9.17, 15) is 14.9 Å². The number of Topliss-reactive ketones (excluding diaryl/α,β-unsaturated/α-hetero) is 1. The molecule has 2 aromatic rings. The first-order valence-corrected chi connectivity index (χ1v) is 7.16. The molecule has 108 valence electrons. The van der Waals surface area contributed by atoms with Gasteiger partial charge in [0.25, 0.3) is 5.69 Å². The molecule has 2 N–H and O–H groups in total. The van der Waals surface area contributed by atoms with Crippen LogP contribution in [0.5, 0.6) is 0 Å². The molecule has 0 unspecified atom stereocenters. The first-order chi connectivity index (χ1) is 10.0. The molecule has 0 aliphatic carbocycles. The molecule has 0 amide bonds. The smallest absolute Gasteiger partial charge is 0.283 e. The fraction of sp³-hybridized carbons (Fsp3) is 0.0714. The topological polar surface area (TPSA) is 86.2 Å². The van der Waals surface area contributed by atoms with Gasteiger partial charge in [-0.1, -0.05) is 23.4 Å². The Morgan fingerprint density at radius 3 is 2.48 bits per heavy atom. The average molecular weight is 323 g/mol. The molecule has 5 nitrogen and oxygen atoms in total. The van der Waals surface area contributed by atoms with Crippen molar-refractivity contribution in [2.75, 3.05) is 6.54 Å². The Balaban J connectivity index is 2.36. The van der Waals surface area contributed by atoms with Crippen molar-refractivity contribution in [2.45, 2.75) is 9.79 Å². The van der Waals surface area contributed by atoms with E-state index in [2.05, 4.69) is 0 Å². The molecule has 0 fully saturated rings. The number of nitrogens with zero attached hydrogens (tertiary/aromatic N) is 1. The molecular weight excluding hydrogens is 312 g/mol. The fourth-order valence-electron chi connectivity index (χ4n) is 1.67. The standard InChI is InChI=1S/C14H11ClN2O3S/c15-10-2-4-11(5-3-10)21-14-6-1-9(13(18)8-16)7-12(14)17(19)20/h1-7H,8,16H2. The van der Waals surface area contributed by atoms with Crippen molar-refractivity contribution in [2.24, 2.45) is 5.73 Å². The summed E-state index contributed by atoms with van der Waals surface area (Å²) in [6.07, 6.45) is 0. The van der Waals surface area contributed by atoms with Crippen molar-refractivity contribution < 1.29 is 9.72 Å². The van der Waals surface area contributed by atoms with E-state index in [1.54, 1.807) is 36.4 Å². The molecule has 0 radical (unpaired) electrons. The molecule has 0 aromatic heterocycles. The predicted octanol–water partition coefficient (Wildman–Crippen LogP) is 3.54. The lowest BCUT2D eigenvalue weighted by molar-refractivity contribution is -0.387. The van der Waals surface area contributed by atoms with Crippen molar-refractivity contribution in [1.82, 2.24) is 0 Å². The average Bonchev–Trinajstić information content (AvgIpc) is 2.49. The van der Waals surface area contributed by atoms with Crippen LogP contribution in [0.4, 0.5) is 5.69 Å². The van der Waals surface area contributed by atoms with Gasteiger partial charge in [0.05, 0.1) is 16.4 Å². The molecule has 2 rings (SSSR count). The highest BCUT2D eigenvalue weighted by molar-refractivity contribution is 7.99. The van der Waals surface area contributed by atoms with Gasteiger partial charge in [0.2, 0.25) is 0 Å². The van der Waals surface area contributed by atoms with Crippen LogP contribution in [0.3, 0.4) is 0 Å². The van der Waals surface area contributed by atoms with Crippen molar-refractivity contribution >= 4 is 34.8 Å². The number of benzene rings is 2. The lowest BCUT2D eigenvalue weighted by Gasteiger charge is -2.05. The molecule has 0 aliphatic rings. The van der Waals surface area contributed by atoms with Crippen LogP contribution in [-0.4, -0.2) is 17.3 Å². The Morgan fingerprint density at radius 2 is 1.90 bits per heavy atom. The van der Waals surface area contributed by atoms with Crippen LogP contribution >= 0.6 is 23.4 Å². The Bertz CT molecular complexity index is 689. The minimum atomic E-state index is -0.508. The maximum absolute atomic E-state index is 11.5. The highest BCUT2D eigenvalue weighted by atomic mass is 35.5. The Morgan fingerprint density at radius 1 is 1.24 bits per heavy atom. The van der Waals surface area contributed by atoms with Gasteiger partial charge in [-0.05, 0) is 36.4 Å². The minimum absolute atomic E-state index is 0.116. The first-order valence-electron chi connectivity index (χ1n) is 5.96. The van der Waals surface area contributed by atoms with Gasteiger partial charge < -0.3 is 5.73 Å². The minimum Gasteiger partial charge on any atom is -0.324 e. The number of nitro benzene ring substituents is 1. The largest absolute Gasteiger partial charge is 0.324 e. The van der Waals surface area contributed by atoms with Crippen LogP contribution in [0.1, 0.15) is 10.4 Å². The summed E-state index contributed by atoms with van der Waals surface area (Å²) in [5, 5.41) is 11.8. The van der Waals surface area contributed by atoms with Crippen molar-refractivity contribution in [3.63, 3.8) is 0 Å². The summed E-state index contributed by atoms with van der Waals surface area (Å²) in [7, 11) is 0. The normalized spacial score (nSPS) is 10.4. The number of carbonyl (C=O) groups excluding carboxylic acids is 1. The van der Waals surface area contributed by atoms with Gasteiger partial charge in [0.15, 0.2) is 5.78 Å². The quantitative estimate of drug-likeness (QED) is 0.517. The van der Waals surface area contributed by atoms with Crippen LogP contribution in [0.2, 0.25) is 5.02 Å². The van der Waals surface area contributed by atoms with Gasteiger partial charge in [0, 0.05) is 21.5 Å². The van der Waals surface area contributed by atoms with Crippen LogP contribution in [-0.2, 0) is 0 Å².